The van der Waals surface area contributed by atoms with Crippen molar-refractivity contribution in [1.29, 1.82) is 0 Å². The standard InChI is InChI=1S/C26H46N4O2/c1-17(2)29-12-11-26(6,27-23(31)13-19-7-8-19)21(15-29)22-14-25(5,16-30(22)18(3)4)28-24(32)20-9-10-20/h17-22H,7-16H2,1-6H3,(H,27,31)(H,28,32). The molecule has 2 saturated heterocycles. The van der Waals surface area contributed by atoms with Crippen molar-refractivity contribution >= 4 is 11.8 Å². The number of nitrogens with one attached hydrogen (secondary N) is 2. The van der Waals surface area contributed by atoms with Gasteiger partial charge in [-0.1, -0.05) is 0 Å². The van der Waals surface area contributed by atoms with Crippen LogP contribution in [-0.4, -0.2) is 70.5 Å². The van der Waals surface area contributed by atoms with Crippen LogP contribution in [0.3, 0.4) is 0 Å². The van der Waals surface area contributed by atoms with Crippen LogP contribution >= 0.6 is 0 Å². The van der Waals surface area contributed by atoms with Crippen molar-refractivity contribution in [3.63, 3.8) is 0 Å². The van der Waals surface area contributed by atoms with E-state index in [0.29, 0.717) is 36.4 Å². The van der Waals surface area contributed by atoms with Crippen molar-refractivity contribution in [2.75, 3.05) is 19.6 Å². The predicted molar refractivity (Wildman–Crippen MR) is 128 cm³/mol. The first-order valence-electron chi connectivity index (χ1n) is 13.1. The lowest BCUT2D eigenvalue weighted by molar-refractivity contribution is -0.125. The number of carbonyl (C=O) groups is 2. The quantitative estimate of drug-likeness (QED) is 0.601. The lowest BCUT2D eigenvalue weighted by Crippen LogP contribution is -2.65. The molecule has 0 aromatic heterocycles. The molecule has 0 spiro atoms. The van der Waals surface area contributed by atoms with E-state index < -0.39 is 0 Å². The van der Waals surface area contributed by atoms with E-state index >= 15 is 0 Å². The zero-order chi connectivity index (χ0) is 23.3. The van der Waals surface area contributed by atoms with Gasteiger partial charge in [0.15, 0.2) is 0 Å². The van der Waals surface area contributed by atoms with Crippen molar-refractivity contribution in [2.24, 2.45) is 17.8 Å². The molecule has 4 atom stereocenters. The molecule has 2 aliphatic carbocycles. The molecule has 2 N–H and O–H groups in total. The molecule has 6 heteroatoms. The van der Waals surface area contributed by atoms with Gasteiger partial charge in [-0.3, -0.25) is 14.5 Å². The Bertz CT molecular complexity index is 717. The second kappa shape index (κ2) is 8.90. The van der Waals surface area contributed by atoms with Crippen LogP contribution in [0.5, 0.6) is 0 Å². The molecule has 2 heterocycles. The number of amides is 2. The average molecular weight is 447 g/mol. The maximum absolute atomic E-state index is 12.9. The summed E-state index contributed by atoms with van der Waals surface area (Å²) in [4.78, 5) is 30.8. The smallest absolute Gasteiger partial charge is 0.223 e. The molecule has 2 saturated carbocycles. The van der Waals surface area contributed by atoms with Gasteiger partial charge in [0, 0.05) is 61.6 Å². The third-order valence-corrected chi connectivity index (χ3v) is 8.61. The fraction of sp³-hybridized carbons (Fsp3) is 0.923. The highest BCUT2D eigenvalue weighted by molar-refractivity contribution is 5.81. The second-order valence-electron chi connectivity index (χ2n) is 12.4. The summed E-state index contributed by atoms with van der Waals surface area (Å²) >= 11 is 0. The summed E-state index contributed by atoms with van der Waals surface area (Å²) in [6.45, 7) is 16.5. The first-order chi connectivity index (χ1) is 15.0. The van der Waals surface area contributed by atoms with Gasteiger partial charge < -0.3 is 15.5 Å². The maximum atomic E-state index is 12.9. The highest BCUT2D eigenvalue weighted by atomic mass is 16.2. The Kier molecular flexibility index (Phi) is 6.68. The summed E-state index contributed by atoms with van der Waals surface area (Å²) in [7, 11) is 0. The summed E-state index contributed by atoms with van der Waals surface area (Å²) in [6.07, 6.45) is 7.11. The van der Waals surface area contributed by atoms with E-state index in [1.165, 1.54) is 12.8 Å². The molecule has 182 valence electrons. The third kappa shape index (κ3) is 5.32. The van der Waals surface area contributed by atoms with Gasteiger partial charge in [0.25, 0.3) is 0 Å². The zero-order valence-electron chi connectivity index (χ0n) is 21.2. The minimum atomic E-state index is -0.207. The van der Waals surface area contributed by atoms with Crippen LogP contribution in [0.2, 0.25) is 0 Å². The van der Waals surface area contributed by atoms with Crippen molar-refractivity contribution in [3.05, 3.63) is 0 Å². The highest BCUT2D eigenvalue weighted by Crippen LogP contribution is 2.42. The van der Waals surface area contributed by atoms with E-state index in [9.17, 15) is 9.59 Å². The molecule has 32 heavy (non-hydrogen) atoms. The molecule has 4 fully saturated rings. The maximum Gasteiger partial charge on any atom is 0.223 e. The third-order valence-electron chi connectivity index (χ3n) is 8.61. The van der Waals surface area contributed by atoms with Gasteiger partial charge in [-0.25, -0.2) is 0 Å². The molecule has 0 aromatic rings. The van der Waals surface area contributed by atoms with Crippen LogP contribution < -0.4 is 10.6 Å². The van der Waals surface area contributed by atoms with E-state index in [2.05, 4.69) is 62.0 Å². The van der Waals surface area contributed by atoms with Crippen LogP contribution in [0.25, 0.3) is 0 Å². The summed E-state index contributed by atoms with van der Waals surface area (Å²) in [5.74, 6) is 1.65. The molecule has 0 bridgehead atoms. The Labute approximate surface area is 195 Å². The predicted octanol–water partition coefficient (Wildman–Crippen LogP) is 3.16. The van der Waals surface area contributed by atoms with Gasteiger partial charge in [0.05, 0.1) is 5.54 Å². The van der Waals surface area contributed by atoms with Crippen molar-refractivity contribution in [1.82, 2.24) is 20.4 Å². The van der Waals surface area contributed by atoms with Gasteiger partial charge in [-0.15, -0.1) is 0 Å². The van der Waals surface area contributed by atoms with Crippen molar-refractivity contribution in [2.45, 2.75) is 116 Å². The zero-order valence-corrected chi connectivity index (χ0v) is 21.2. The Morgan fingerprint density at radius 3 is 2.25 bits per heavy atom. The molecule has 4 unspecified atom stereocenters. The number of hydrogen-bond acceptors (Lipinski definition) is 4. The number of rotatable bonds is 8. The van der Waals surface area contributed by atoms with Crippen molar-refractivity contribution < 1.29 is 9.59 Å². The van der Waals surface area contributed by atoms with E-state index in [-0.39, 0.29) is 28.8 Å². The van der Waals surface area contributed by atoms with E-state index in [1.54, 1.807) is 0 Å². The molecule has 0 radical (unpaired) electrons. The number of carbonyl (C=O) groups excluding carboxylic acids is 2. The normalized spacial score (nSPS) is 36.6. The molecule has 4 aliphatic rings. The van der Waals surface area contributed by atoms with Crippen LogP contribution in [0, 0.1) is 17.8 Å². The van der Waals surface area contributed by atoms with Gasteiger partial charge >= 0.3 is 0 Å². The average Bonchev–Trinajstić information content (AvgIpc) is 3.60. The van der Waals surface area contributed by atoms with Crippen LogP contribution in [0.15, 0.2) is 0 Å². The lowest BCUT2D eigenvalue weighted by Gasteiger charge is -2.51. The van der Waals surface area contributed by atoms with E-state index in [1.807, 2.05) is 0 Å². The second-order valence-corrected chi connectivity index (χ2v) is 12.4. The molecule has 2 amide bonds. The van der Waals surface area contributed by atoms with E-state index in [4.69, 9.17) is 0 Å². The molecule has 2 aliphatic heterocycles. The largest absolute Gasteiger partial charge is 0.351 e. The van der Waals surface area contributed by atoms with Gasteiger partial charge in [0.1, 0.15) is 0 Å². The molecule has 6 nitrogen and oxygen atoms in total. The van der Waals surface area contributed by atoms with Crippen LogP contribution in [0.1, 0.15) is 86.5 Å². The number of hydrogen-bond donors (Lipinski definition) is 2. The summed E-state index contributed by atoms with van der Waals surface area (Å²) in [5, 5.41) is 6.96. The Morgan fingerprint density at radius 1 is 1.00 bits per heavy atom. The minimum absolute atomic E-state index is 0.201. The minimum Gasteiger partial charge on any atom is -0.351 e. The fourth-order valence-corrected chi connectivity index (χ4v) is 6.17. The summed E-state index contributed by atoms with van der Waals surface area (Å²) in [5.41, 5.74) is -0.408. The first-order valence-corrected chi connectivity index (χ1v) is 13.1. The van der Waals surface area contributed by atoms with E-state index in [0.717, 1.165) is 45.3 Å². The number of nitrogens with zero attached hydrogens (tertiary/aromatic N) is 2. The number of likely N-dealkylation sites (tertiary alicyclic amines) is 2. The molecule has 0 aromatic carbocycles. The molecular weight excluding hydrogens is 400 g/mol. The summed E-state index contributed by atoms with van der Waals surface area (Å²) in [6, 6.07) is 1.24. The monoisotopic (exact) mass is 446 g/mol. The lowest BCUT2D eigenvalue weighted by atomic mass is 9.72. The topological polar surface area (TPSA) is 64.7 Å². The van der Waals surface area contributed by atoms with Gasteiger partial charge in [0.2, 0.25) is 11.8 Å². The molecular formula is C26H46N4O2. The van der Waals surface area contributed by atoms with Crippen LogP contribution in [-0.2, 0) is 9.59 Å². The van der Waals surface area contributed by atoms with Crippen LogP contribution in [0.4, 0.5) is 0 Å². The van der Waals surface area contributed by atoms with Gasteiger partial charge in [-0.2, -0.15) is 0 Å². The number of piperidine rings is 1. The Balaban J connectivity index is 1.56. The first kappa shape index (κ1) is 24.0. The SMILES string of the molecule is CC(C)N1CCC(C)(NC(=O)CC2CC2)C(C2CC(C)(NC(=O)C3CC3)CN2C(C)C)C1. The Morgan fingerprint density at radius 2 is 1.69 bits per heavy atom. The molecule has 4 rings (SSSR count). The highest BCUT2D eigenvalue weighted by Gasteiger charge is 2.53. The fourth-order valence-electron chi connectivity index (χ4n) is 6.17. The van der Waals surface area contributed by atoms with Crippen molar-refractivity contribution in [3.8, 4) is 0 Å². The van der Waals surface area contributed by atoms with Gasteiger partial charge in [-0.05, 0) is 86.0 Å². The summed E-state index contributed by atoms with van der Waals surface area (Å²) < 4.78 is 0. The Hall–Kier alpha value is -1.14.